The number of thiol groups is 1. The van der Waals surface area contributed by atoms with Crippen molar-refractivity contribution in [2.45, 2.75) is 75.5 Å². The minimum Gasteiger partial charge on any atom is -0.481 e. The lowest BCUT2D eigenvalue weighted by Crippen LogP contribution is -2.57. The van der Waals surface area contributed by atoms with Crippen LogP contribution in [0.25, 0.3) is 0 Å². The first kappa shape index (κ1) is 31.6. The Kier molecular flexibility index (Phi) is 16.7. The highest BCUT2D eigenvalue weighted by atomic mass is 32.1. The van der Waals surface area contributed by atoms with Gasteiger partial charge in [0.15, 0.2) is 0 Å². The SMILES string of the molecule is NCCCCC(NC(=O)C(N)CS)C(=O)NC(CCCCN)C(=O)NC(CCC(=O)O)C(=O)O. The van der Waals surface area contributed by atoms with Crippen molar-refractivity contribution in [1.82, 2.24) is 16.0 Å². The molecule has 13 nitrogen and oxygen atoms in total. The van der Waals surface area contributed by atoms with E-state index in [1.807, 2.05) is 0 Å². The molecule has 0 saturated carbocycles. The second-order valence-electron chi connectivity index (χ2n) is 7.81. The molecule has 11 N–H and O–H groups in total. The predicted molar refractivity (Wildman–Crippen MR) is 128 cm³/mol. The summed E-state index contributed by atoms with van der Waals surface area (Å²) in [5.74, 6) is -4.52. The summed E-state index contributed by atoms with van der Waals surface area (Å²) in [6, 6.07) is -4.47. The maximum atomic E-state index is 13.0. The third-order valence-corrected chi connectivity index (χ3v) is 5.35. The molecule has 34 heavy (non-hydrogen) atoms. The molecule has 3 amide bonds. The number of amides is 3. The first-order valence-corrected chi connectivity index (χ1v) is 11.8. The Bertz CT molecular complexity index is 682. The molecule has 0 fully saturated rings. The van der Waals surface area contributed by atoms with Gasteiger partial charge >= 0.3 is 11.9 Å². The topological polar surface area (TPSA) is 240 Å². The predicted octanol–water partition coefficient (Wildman–Crippen LogP) is -2.09. The van der Waals surface area contributed by atoms with Gasteiger partial charge < -0.3 is 43.4 Å². The molecule has 0 aromatic heterocycles. The summed E-state index contributed by atoms with van der Waals surface area (Å²) in [5, 5.41) is 25.5. The Morgan fingerprint density at radius 3 is 1.53 bits per heavy atom. The standard InChI is InChI=1S/C20H38N6O7S/c21-9-3-1-5-13(24-17(29)12(23)11-34)18(30)25-14(6-2-4-10-22)19(31)26-15(20(32)33)7-8-16(27)28/h12-15,34H,1-11,21-23H2,(H,24,29)(H,25,30)(H,26,31)(H,27,28)(H,32,33). The van der Waals surface area contributed by atoms with Crippen molar-refractivity contribution in [3.8, 4) is 0 Å². The van der Waals surface area contributed by atoms with Gasteiger partial charge in [-0.1, -0.05) is 0 Å². The molecule has 4 unspecified atom stereocenters. The number of unbranched alkanes of at least 4 members (excludes halogenated alkanes) is 2. The lowest BCUT2D eigenvalue weighted by Gasteiger charge is -2.25. The molecule has 0 aliphatic heterocycles. The molecule has 0 aromatic carbocycles. The first-order chi connectivity index (χ1) is 16.1. The van der Waals surface area contributed by atoms with Crippen LogP contribution in [0.5, 0.6) is 0 Å². The van der Waals surface area contributed by atoms with Crippen molar-refractivity contribution >= 4 is 42.3 Å². The molecule has 0 bridgehead atoms. The summed E-state index contributed by atoms with van der Waals surface area (Å²) >= 11 is 3.97. The fraction of sp³-hybridized carbons (Fsp3) is 0.750. The van der Waals surface area contributed by atoms with E-state index in [1.54, 1.807) is 0 Å². The van der Waals surface area contributed by atoms with Crippen LogP contribution in [0.4, 0.5) is 0 Å². The summed E-state index contributed by atoms with van der Waals surface area (Å²) in [6.45, 7) is 0.757. The number of hydrogen-bond donors (Lipinski definition) is 9. The quantitative estimate of drug-likeness (QED) is 0.0683. The first-order valence-electron chi connectivity index (χ1n) is 11.2. The van der Waals surface area contributed by atoms with E-state index in [0.29, 0.717) is 38.8 Å². The highest BCUT2D eigenvalue weighted by Gasteiger charge is 2.30. The van der Waals surface area contributed by atoms with E-state index in [1.165, 1.54) is 0 Å². The Morgan fingerprint density at radius 2 is 1.15 bits per heavy atom. The fourth-order valence-corrected chi connectivity index (χ4v) is 3.12. The van der Waals surface area contributed by atoms with Crippen molar-refractivity contribution in [2.24, 2.45) is 17.2 Å². The average molecular weight is 507 g/mol. The van der Waals surface area contributed by atoms with Gasteiger partial charge in [0.2, 0.25) is 17.7 Å². The van der Waals surface area contributed by atoms with Crippen LogP contribution in [0.2, 0.25) is 0 Å². The molecule has 14 heteroatoms. The number of aliphatic carboxylic acids is 2. The van der Waals surface area contributed by atoms with Gasteiger partial charge in [-0.05, 0) is 58.0 Å². The van der Waals surface area contributed by atoms with Crippen LogP contribution in [0.3, 0.4) is 0 Å². The zero-order valence-electron chi connectivity index (χ0n) is 19.2. The Labute approximate surface area is 204 Å². The maximum Gasteiger partial charge on any atom is 0.326 e. The minimum absolute atomic E-state index is 0.0695. The van der Waals surface area contributed by atoms with E-state index in [-0.39, 0.29) is 25.0 Å². The third kappa shape index (κ3) is 13.3. The molecular formula is C20H38N6O7S. The van der Waals surface area contributed by atoms with Crippen LogP contribution in [-0.2, 0) is 24.0 Å². The van der Waals surface area contributed by atoms with Crippen LogP contribution in [0.15, 0.2) is 0 Å². The molecule has 0 rings (SSSR count). The van der Waals surface area contributed by atoms with Gasteiger partial charge in [0, 0.05) is 12.2 Å². The molecule has 0 aliphatic carbocycles. The van der Waals surface area contributed by atoms with E-state index in [4.69, 9.17) is 22.3 Å². The highest BCUT2D eigenvalue weighted by Crippen LogP contribution is 2.07. The maximum absolute atomic E-state index is 13.0. The second-order valence-corrected chi connectivity index (χ2v) is 8.18. The molecule has 0 spiro atoms. The highest BCUT2D eigenvalue weighted by molar-refractivity contribution is 7.80. The Balaban J connectivity index is 5.46. The van der Waals surface area contributed by atoms with Crippen molar-refractivity contribution < 1.29 is 34.2 Å². The zero-order chi connectivity index (χ0) is 26.1. The lowest BCUT2D eigenvalue weighted by atomic mass is 10.0. The summed E-state index contributed by atoms with van der Waals surface area (Å²) in [4.78, 5) is 60.2. The Morgan fingerprint density at radius 1 is 0.706 bits per heavy atom. The number of nitrogens with one attached hydrogen (secondary N) is 3. The molecule has 4 atom stereocenters. The van der Waals surface area contributed by atoms with Gasteiger partial charge in [-0.2, -0.15) is 12.6 Å². The van der Waals surface area contributed by atoms with Gasteiger partial charge in [-0.25, -0.2) is 4.79 Å². The largest absolute Gasteiger partial charge is 0.481 e. The van der Waals surface area contributed by atoms with E-state index < -0.39 is 60.2 Å². The zero-order valence-corrected chi connectivity index (χ0v) is 20.1. The Hall–Kier alpha value is -2.42. The second kappa shape index (κ2) is 18.0. The number of nitrogens with two attached hydrogens (primary N) is 3. The smallest absolute Gasteiger partial charge is 0.326 e. The van der Waals surface area contributed by atoms with E-state index in [0.717, 1.165) is 0 Å². The van der Waals surface area contributed by atoms with E-state index in [9.17, 15) is 29.1 Å². The molecule has 0 aromatic rings. The summed E-state index contributed by atoms with van der Waals surface area (Å²) in [5.41, 5.74) is 16.7. The normalized spacial score (nSPS) is 14.4. The van der Waals surface area contributed by atoms with Gasteiger partial charge in [0.25, 0.3) is 0 Å². The van der Waals surface area contributed by atoms with Gasteiger partial charge in [0.05, 0.1) is 6.04 Å². The van der Waals surface area contributed by atoms with Crippen molar-refractivity contribution in [1.29, 1.82) is 0 Å². The number of carbonyl (C=O) groups excluding carboxylic acids is 3. The molecule has 0 aliphatic rings. The van der Waals surface area contributed by atoms with Crippen LogP contribution in [0, 0.1) is 0 Å². The average Bonchev–Trinajstić information content (AvgIpc) is 2.79. The summed E-state index contributed by atoms with van der Waals surface area (Å²) in [7, 11) is 0. The van der Waals surface area contributed by atoms with Crippen LogP contribution in [-0.4, -0.2) is 82.9 Å². The van der Waals surface area contributed by atoms with Crippen LogP contribution >= 0.6 is 12.6 Å². The van der Waals surface area contributed by atoms with E-state index >= 15 is 0 Å². The third-order valence-electron chi connectivity index (χ3n) is 4.95. The van der Waals surface area contributed by atoms with Crippen molar-refractivity contribution in [3.05, 3.63) is 0 Å². The molecular weight excluding hydrogens is 468 g/mol. The number of carbonyl (C=O) groups is 5. The van der Waals surface area contributed by atoms with Gasteiger partial charge in [-0.15, -0.1) is 0 Å². The minimum atomic E-state index is -1.44. The summed E-state index contributed by atoms with van der Waals surface area (Å²) in [6.07, 6.45) is 1.82. The summed E-state index contributed by atoms with van der Waals surface area (Å²) < 4.78 is 0. The molecule has 0 radical (unpaired) electrons. The fourth-order valence-electron chi connectivity index (χ4n) is 2.95. The number of rotatable bonds is 19. The van der Waals surface area contributed by atoms with Crippen molar-refractivity contribution in [2.75, 3.05) is 18.8 Å². The number of carboxylic acids is 2. The molecule has 0 saturated heterocycles. The van der Waals surface area contributed by atoms with Gasteiger partial charge in [-0.3, -0.25) is 19.2 Å². The lowest BCUT2D eigenvalue weighted by molar-refractivity contribution is -0.143. The van der Waals surface area contributed by atoms with Crippen LogP contribution in [0.1, 0.15) is 51.4 Å². The van der Waals surface area contributed by atoms with Crippen molar-refractivity contribution in [3.63, 3.8) is 0 Å². The number of hydrogen-bond acceptors (Lipinski definition) is 9. The molecule has 196 valence electrons. The molecule has 0 heterocycles. The van der Waals surface area contributed by atoms with E-state index in [2.05, 4.69) is 28.6 Å². The van der Waals surface area contributed by atoms with Gasteiger partial charge in [0.1, 0.15) is 18.1 Å². The van der Waals surface area contributed by atoms with Crippen LogP contribution < -0.4 is 33.2 Å². The monoisotopic (exact) mass is 506 g/mol. The number of carboxylic acid groups (broad SMARTS) is 2.